The van der Waals surface area contributed by atoms with Gasteiger partial charge in [-0.25, -0.2) is 0 Å². The molecular formula is C51H88O14. The van der Waals surface area contributed by atoms with Crippen LogP contribution in [0.2, 0.25) is 0 Å². The van der Waals surface area contributed by atoms with Gasteiger partial charge in [0.25, 0.3) is 0 Å². The number of esters is 1. The molecule has 2 aliphatic heterocycles. The molecule has 0 aliphatic carbocycles. The van der Waals surface area contributed by atoms with Gasteiger partial charge in [0.15, 0.2) is 12.6 Å². The average Bonchev–Trinajstić information content (AvgIpc) is 3.30. The molecule has 0 saturated carbocycles. The molecule has 65 heavy (non-hydrogen) atoms. The standard InChI is InChI=1S/C51H88O14/c1-3-5-7-9-11-13-15-17-18-19-20-21-23-25-27-29-31-33-35-60-37-40(63-43(53)34-32-30-28-26-24-22-16-14-12-10-8-6-4-2)38-61-50-49(59)47(57)45(55)42(65-50)39-62-51-48(58)46(56)44(54)41(36-52)64-51/h5,7,11,13,17-18,20-21,25,27,40-42,44-52,54-59H,3-4,6,8-10,12,14-16,19,22-24,26,28-39H2,1-2H3/b7-5-,13-11-,18-17-,21-20-,27-25-. The van der Waals surface area contributed by atoms with E-state index >= 15 is 0 Å². The predicted molar refractivity (Wildman–Crippen MR) is 252 cm³/mol. The van der Waals surface area contributed by atoms with Crippen LogP contribution in [0.4, 0.5) is 0 Å². The van der Waals surface area contributed by atoms with Gasteiger partial charge in [-0.3, -0.25) is 4.79 Å². The van der Waals surface area contributed by atoms with Crippen molar-refractivity contribution in [2.75, 3.05) is 33.0 Å². The van der Waals surface area contributed by atoms with E-state index in [0.717, 1.165) is 70.6 Å². The molecule has 7 N–H and O–H groups in total. The minimum atomic E-state index is -1.71. The molecule has 2 heterocycles. The van der Waals surface area contributed by atoms with Gasteiger partial charge >= 0.3 is 5.97 Å². The second-order valence-corrected chi connectivity index (χ2v) is 17.3. The van der Waals surface area contributed by atoms with Crippen LogP contribution in [-0.2, 0) is 33.2 Å². The second kappa shape index (κ2) is 38.6. The first-order valence-electron chi connectivity index (χ1n) is 24.9. The van der Waals surface area contributed by atoms with Gasteiger partial charge in [-0.1, -0.05) is 152 Å². The largest absolute Gasteiger partial charge is 0.457 e. The fraction of sp³-hybridized carbons (Fsp3) is 0.784. The van der Waals surface area contributed by atoms with Gasteiger partial charge in [0.05, 0.1) is 26.4 Å². The molecule has 2 fully saturated rings. The van der Waals surface area contributed by atoms with Crippen molar-refractivity contribution in [1.82, 2.24) is 0 Å². The lowest BCUT2D eigenvalue weighted by atomic mass is 9.98. The van der Waals surface area contributed by atoms with E-state index in [2.05, 4.69) is 74.6 Å². The van der Waals surface area contributed by atoms with Crippen LogP contribution in [0, 0.1) is 0 Å². The van der Waals surface area contributed by atoms with Crippen LogP contribution in [0.1, 0.15) is 155 Å². The van der Waals surface area contributed by atoms with Gasteiger partial charge in [-0.05, 0) is 57.8 Å². The topological polar surface area (TPSA) is 214 Å². The van der Waals surface area contributed by atoms with E-state index in [1.54, 1.807) is 0 Å². The van der Waals surface area contributed by atoms with Crippen molar-refractivity contribution in [2.45, 2.75) is 223 Å². The zero-order valence-corrected chi connectivity index (χ0v) is 39.7. The molecule has 0 aromatic rings. The Morgan fingerprint density at radius 2 is 1.00 bits per heavy atom. The number of allylic oxidation sites excluding steroid dienone is 10. The van der Waals surface area contributed by atoms with Crippen molar-refractivity contribution >= 4 is 5.97 Å². The minimum absolute atomic E-state index is 0.0314. The van der Waals surface area contributed by atoms with E-state index in [0.29, 0.717) is 13.0 Å². The Labute approximate surface area is 390 Å². The SMILES string of the molecule is CC/C=C\C/C=C\C/C=C\C/C=C\C/C=C\CCCCOCC(COC1OC(COC2OC(CO)C(O)C(O)C2O)C(O)C(O)C1O)OC(=O)CCCCCCCCCCCCCCC. The Morgan fingerprint density at radius 1 is 0.523 bits per heavy atom. The predicted octanol–water partition coefficient (Wildman–Crippen LogP) is 6.96. The smallest absolute Gasteiger partial charge is 0.306 e. The van der Waals surface area contributed by atoms with E-state index in [9.17, 15) is 40.5 Å². The first-order valence-corrected chi connectivity index (χ1v) is 24.9. The van der Waals surface area contributed by atoms with Gasteiger partial charge in [0, 0.05) is 13.0 Å². The third kappa shape index (κ3) is 26.7. The molecule has 14 heteroatoms. The molecule has 11 atom stereocenters. The maximum Gasteiger partial charge on any atom is 0.306 e. The van der Waals surface area contributed by atoms with Crippen molar-refractivity contribution in [3.63, 3.8) is 0 Å². The van der Waals surface area contributed by atoms with Crippen molar-refractivity contribution in [2.24, 2.45) is 0 Å². The molecule has 0 spiro atoms. The number of hydrogen-bond donors (Lipinski definition) is 7. The highest BCUT2D eigenvalue weighted by atomic mass is 16.7. The zero-order chi connectivity index (χ0) is 47.3. The summed E-state index contributed by atoms with van der Waals surface area (Å²) in [7, 11) is 0. The molecule has 2 rings (SSSR count). The van der Waals surface area contributed by atoms with Crippen LogP contribution in [0.15, 0.2) is 60.8 Å². The average molecular weight is 925 g/mol. The molecule has 0 radical (unpaired) electrons. The third-order valence-electron chi connectivity index (χ3n) is 11.5. The van der Waals surface area contributed by atoms with Crippen molar-refractivity contribution in [1.29, 1.82) is 0 Å². The van der Waals surface area contributed by atoms with Gasteiger partial charge < -0.3 is 64.2 Å². The lowest BCUT2D eigenvalue weighted by molar-refractivity contribution is -0.332. The fourth-order valence-electron chi connectivity index (χ4n) is 7.49. The molecule has 376 valence electrons. The molecular weight excluding hydrogens is 837 g/mol. The van der Waals surface area contributed by atoms with E-state index in [4.69, 9.17) is 28.4 Å². The highest BCUT2D eigenvalue weighted by Gasteiger charge is 2.47. The minimum Gasteiger partial charge on any atom is -0.457 e. The molecule has 2 aliphatic rings. The first-order chi connectivity index (χ1) is 31.6. The number of carbonyl (C=O) groups excluding carboxylic acids is 1. The molecule has 0 bridgehead atoms. The molecule has 14 nitrogen and oxygen atoms in total. The third-order valence-corrected chi connectivity index (χ3v) is 11.5. The molecule has 2 saturated heterocycles. The molecule has 11 unspecified atom stereocenters. The first kappa shape index (κ1) is 58.8. The number of aliphatic hydroxyl groups excluding tert-OH is 7. The summed E-state index contributed by atoms with van der Waals surface area (Å²) in [5.41, 5.74) is 0. The Morgan fingerprint density at radius 3 is 1.54 bits per heavy atom. The highest BCUT2D eigenvalue weighted by molar-refractivity contribution is 5.69. The van der Waals surface area contributed by atoms with Gasteiger partial charge in [0.1, 0.15) is 54.9 Å². The Balaban J connectivity index is 1.81. The lowest BCUT2D eigenvalue weighted by Crippen LogP contribution is -2.61. The van der Waals surface area contributed by atoms with E-state index in [1.165, 1.54) is 57.8 Å². The van der Waals surface area contributed by atoms with Crippen LogP contribution in [0.5, 0.6) is 0 Å². The zero-order valence-electron chi connectivity index (χ0n) is 39.7. The summed E-state index contributed by atoms with van der Waals surface area (Å²) < 4.78 is 34.2. The number of unbranched alkanes of at least 4 members (excludes halogenated alkanes) is 14. The molecule has 0 amide bonds. The van der Waals surface area contributed by atoms with Crippen LogP contribution in [0.25, 0.3) is 0 Å². The summed E-state index contributed by atoms with van der Waals surface area (Å²) in [4.78, 5) is 13.0. The van der Waals surface area contributed by atoms with Gasteiger partial charge in [-0.15, -0.1) is 0 Å². The number of rotatable bonds is 38. The van der Waals surface area contributed by atoms with E-state index < -0.39 is 86.7 Å². The van der Waals surface area contributed by atoms with Crippen LogP contribution >= 0.6 is 0 Å². The van der Waals surface area contributed by atoms with Crippen LogP contribution in [0.3, 0.4) is 0 Å². The van der Waals surface area contributed by atoms with E-state index in [-0.39, 0.29) is 19.6 Å². The van der Waals surface area contributed by atoms with Gasteiger partial charge in [0.2, 0.25) is 0 Å². The van der Waals surface area contributed by atoms with Crippen LogP contribution < -0.4 is 0 Å². The Hall–Kier alpha value is -2.31. The summed E-state index contributed by atoms with van der Waals surface area (Å²) >= 11 is 0. The normalized spacial score (nSPS) is 27.0. The van der Waals surface area contributed by atoms with Crippen LogP contribution in [-0.4, -0.2) is 142 Å². The maximum atomic E-state index is 13.0. The maximum absolute atomic E-state index is 13.0. The number of aliphatic hydroxyl groups is 7. The fourth-order valence-corrected chi connectivity index (χ4v) is 7.49. The summed E-state index contributed by atoms with van der Waals surface area (Å²) in [6.07, 6.45) is 28.6. The molecule has 0 aromatic heterocycles. The quantitative estimate of drug-likeness (QED) is 0.0190. The number of carbonyl (C=O) groups is 1. The molecule has 0 aromatic carbocycles. The second-order valence-electron chi connectivity index (χ2n) is 17.3. The summed E-state index contributed by atoms with van der Waals surface area (Å²) in [6.45, 7) is 3.45. The highest BCUT2D eigenvalue weighted by Crippen LogP contribution is 2.26. The number of hydrogen-bond acceptors (Lipinski definition) is 14. The van der Waals surface area contributed by atoms with Gasteiger partial charge in [-0.2, -0.15) is 0 Å². The van der Waals surface area contributed by atoms with Crippen molar-refractivity contribution < 1.29 is 69.0 Å². The Bertz CT molecular complexity index is 1300. The summed E-state index contributed by atoms with van der Waals surface area (Å²) in [5, 5.41) is 72.0. The van der Waals surface area contributed by atoms with Crippen molar-refractivity contribution in [3.8, 4) is 0 Å². The Kier molecular flexibility index (Phi) is 35.0. The lowest BCUT2D eigenvalue weighted by Gasteiger charge is -2.42. The summed E-state index contributed by atoms with van der Waals surface area (Å²) in [5.74, 6) is -0.393. The monoisotopic (exact) mass is 925 g/mol. The summed E-state index contributed by atoms with van der Waals surface area (Å²) in [6, 6.07) is 0. The van der Waals surface area contributed by atoms with E-state index in [1.807, 2.05) is 0 Å². The van der Waals surface area contributed by atoms with Crippen molar-refractivity contribution in [3.05, 3.63) is 60.8 Å². The number of ether oxygens (including phenoxy) is 6.